The molecule has 0 bridgehead atoms. The standard InChI is InChI=1S/C8H17NO3S/c1-7(8(2)10)9(3)5-6-13(4,11)12/h7H,5-6H2,1-4H3. The van der Waals surface area contributed by atoms with Gasteiger partial charge in [0.15, 0.2) is 0 Å². The van der Waals surface area contributed by atoms with E-state index >= 15 is 0 Å². The predicted molar refractivity (Wildman–Crippen MR) is 52.5 cm³/mol. The van der Waals surface area contributed by atoms with Gasteiger partial charge in [-0.2, -0.15) is 0 Å². The van der Waals surface area contributed by atoms with E-state index in [9.17, 15) is 13.2 Å². The predicted octanol–water partition coefficient (Wildman–Crippen LogP) is -0.0597. The van der Waals surface area contributed by atoms with Crippen molar-refractivity contribution in [2.45, 2.75) is 19.9 Å². The number of carbonyl (C=O) groups excluding carboxylic acids is 1. The topological polar surface area (TPSA) is 54.5 Å². The molecular formula is C8H17NO3S. The number of carbonyl (C=O) groups is 1. The monoisotopic (exact) mass is 207 g/mol. The van der Waals surface area contributed by atoms with Crippen LogP contribution in [-0.2, 0) is 14.6 Å². The molecule has 1 unspecified atom stereocenters. The van der Waals surface area contributed by atoms with E-state index in [4.69, 9.17) is 0 Å². The fourth-order valence-electron chi connectivity index (χ4n) is 0.814. The average molecular weight is 207 g/mol. The van der Waals surface area contributed by atoms with Crippen molar-refractivity contribution in [3.63, 3.8) is 0 Å². The van der Waals surface area contributed by atoms with Gasteiger partial charge in [-0.25, -0.2) is 8.42 Å². The molecule has 0 amide bonds. The van der Waals surface area contributed by atoms with E-state index in [0.29, 0.717) is 6.54 Å². The normalized spacial score (nSPS) is 14.5. The molecule has 0 aliphatic carbocycles. The Kier molecular flexibility index (Phi) is 4.56. The molecule has 0 spiro atoms. The number of hydrogen-bond donors (Lipinski definition) is 0. The van der Waals surface area contributed by atoms with Gasteiger partial charge in [0.1, 0.15) is 15.6 Å². The Morgan fingerprint density at radius 3 is 2.23 bits per heavy atom. The second-order valence-electron chi connectivity index (χ2n) is 3.40. The first kappa shape index (κ1) is 12.6. The molecular weight excluding hydrogens is 190 g/mol. The highest BCUT2D eigenvalue weighted by atomic mass is 32.2. The van der Waals surface area contributed by atoms with Crippen LogP contribution in [0.1, 0.15) is 13.8 Å². The molecule has 0 aliphatic rings. The highest BCUT2D eigenvalue weighted by Crippen LogP contribution is 1.97. The van der Waals surface area contributed by atoms with Crippen LogP contribution in [0.25, 0.3) is 0 Å². The molecule has 5 heteroatoms. The van der Waals surface area contributed by atoms with E-state index < -0.39 is 9.84 Å². The summed E-state index contributed by atoms with van der Waals surface area (Å²) in [5.74, 6) is 0.150. The molecule has 0 saturated carbocycles. The van der Waals surface area contributed by atoms with Crippen LogP contribution in [0.15, 0.2) is 0 Å². The van der Waals surface area contributed by atoms with E-state index in [1.165, 1.54) is 13.2 Å². The zero-order valence-electron chi connectivity index (χ0n) is 8.57. The third kappa shape index (κ3) is 5.76. The lowest BCUT2D eigenvalue weighted by Crippen LogP contribution is -2.37. The first-order valence-electron chi connectivity index (χ1n) is 4.12. The van der Waals surface area contributed by atoms with Crippen molar-refractivity contribution < 1.29 is 13.2 Å². The summed E-state index contributed by atoms with van der Waals surface area (Å²) < 4.78 is 21.6. The second-order valence-corrected chi connectivity index (χ2v) is 5.66. The molecule has 0 saturated heterocycles. The number of rotatable bonds is 5. The van der Waals surface area contributed by atoms with E-state index in [0.717, 1.165) is 0 Å². The van der Waals surface area contributed by atoms with Gasteiger partial charge in [-0.05, 0) is 20.9 Å². The lowest BCUT2D eigenvalue weighted by atomic mass is 10.2. The van der Waals surface area contributed by atoms with Crippen LogP contribution in [0.5, 0.6) is 0 Å². The molecule has 0 heterocycles. The van der Waals surface area contributed by atoms with Gasteiger partial charge >= 0.3 is 0 Å². The lowest BCUT2D eigenvalue weighted by molar-refractivity contribution is -0.121. The van der Waals surface area contributed by atoms with Crippen LogP contribution in [-0.4, -0.2) is 50.7 Å². The molecule has 0 rings (SSSR count). The van der Waals surface area contributed by atoms with Crippen molar-refractivity contribution in [2.75, 3.05) is 25.6 Å². The Bertz CT molecular complexity index is 271. The summed E-state index contributed by atoms with van der Waals surface area (Å²) in [6.07, 6.45) is 1.19. The lowest BCUT2D eigenvalue weighted by Gasteiger charge is -2.21. The molecule has 0 aromatic rings. The molecule has 0 aromatic heterocycles. The molecule has 0 fully saturated rings. The molecule has 0 radical (unpaired) electrons. The van der Waals surface area contributed by atoms with Gasteiger partial charge < -0.3 is 0 Å². The Morgan fingerprint density at radius 2 is 1.92 bits per heavy atom. The van der Waals surface area contributed by atoms with Crippen LogP contribution in [0.2, 0.25) is 0 Å². The van der Waals surface area contributed by atoms with Gasteiger partial charge in [0.25, 0.3) is 0 Å². The first-order valence-corrected chi connectivity index (χ1v) is 6.18. The van der Waals surface area contributed by atoms with E-state index in [2.05, 4.69) is 0 Å². The summed E-state index contributed by atoms with van der Waals surface area (Å²) in [5, 5.41) is 0. The fourth-order valence-corrected chi connectivity index (χ4v) is 1.43. The molecule has 78 valence electrons. The third-order valence-corrected chi connectivity index (χ3v) is 2.99. The van der Waals surface area contributed by atoms with Crippen LogP contribution in [0.3, 0.4) is 0 Å². The fraction of sp³-hybridized carbons (Fsp3) is 0.875. The molecule has 0 N–H and O–H groups in total. The summed E-state index contributed by atoms with van der Waals surface area (Å²) in [6.45, 7) is 3.67. The third-order valence-electron chi connectivity index (χ3n) is 2.06. The zero-order chi connectivity index (χ0) is 10.6. The largest absolute Gasteiger partial charge is 0.298 e. The second kappa shape index (κ2) is 4.72. The number of likely N-dealkylation sites (N-methyl/N-ethyl adjacent to an activating group) is 1. The van der Waals surface area contributed by atoms with Gasteiger partial charge in [-0.3, -0.25) is 9.69 Å². The Balaban J connectivity index is 4.02. The first-order chi connectivity index (χ1) is 5.74. The van der Waals surface area contributed by atoms with Crippen molar-refractivity contribution in [1.82, 2.24) is 4.90 Å². The number of hydrogen-bond acceptors (Lipinski definition) is 4. The Morgan fingerprint density at radius 1 is 1.46 bits per heavy atom. The molecule has 0 aliphatic heterocycles. The van der Waals surface area contributed by atoms with E-state index in [-0.39, 0.29) is 17.6 Å². The minimum Gasteiger partial charge on any atom is -0.298 e. The highest BCUT2D eigenvalue weighted by Gasteiger charge is 2.14. The quantitative estimate of drug-likeness (QED) is 0.634. The van der Waals surface area contributed by atoms with E-state index in [1.54, 1.807) is 18.9 Å². The molecule has 0 aromatic carbocycles. The van der Waals surface area contributed by atoms with Gasteiger partial charge in [0, 0.05) is 12.8 Å². The number of ketones is 1. The molecule has 4 nitrogen and oxygen atoms in total. The number of sulfone groups is 1. The summed E-state index contributed by atoms with van der Waals surface area (Å²) >= 11 is 0. The van der Waals surface area contributed by atoms with Crippen molar-refractivity contribution in [2.24, 2.45) is 0 Å². The van der Waals surface area contributed by atoms with Crippen LogP contribution in [0, 0.1) is 0 Å². The number of nitrogens with zero attached hydrogens (tertiary/aromatic N) is 1. The Labute approximate surface area is 79.8 Å². The van der Waals surface area contributed by atoms with Gasteiger partial charge in [-0.1, -0.05) is 0 Å². The van der Waals surface area contributed by atoms with Crippen molar-refractivity contribution in [3.8, 4) is 0 Å². The van der Waals surface area contributed by atoms with Crippen LogP contribution in [0.4, 0.5) is 0 Å². The molecule has 13 heavy (non-hydrogen) atoms. The maximum Gasteiger partial charge on any atom is 0.148 e. The summed E-state index contributed by atoms with van der Waals surface area (Å²) in [5.41, 5.74) is 0. The maximum absolute atomic E-state index is 10.9. The minimum atomic E-state index is -2.93. The average Bonchev–Trinajstić information content (AvgIpc) is 1.97. The SMILES string of the molecule is CC(=O)C(C)N(C)CCS(C)(=O)=O. The highest BCUT2D eigenvalue weighted by molar-refractivity contribution is 7.90. The van der Waals surface area contributed by atoms with E-state index in [1.807, 2.05) is 0 Å². The van der Waals surface area contributed by atoms with Crippen LogP contribution < -0.4 is 0 Å². The van der Waals surface area contributed by atoms with Gasteiger partial charge in [0.05, 0.1) is 11.8 Å². The van der Waals surface area contributed by atoms with Gasteiger partial charge in [-0.15, -0.1) is 0 Å². The minimum absolute atomic E-state index is 0.0519. The summed E-state index contributed by atoms with van der Waals surface area (Å²) in [6, 6.07) is -0.207. The van der Waals surface area contributed by atoms with Gasteiger partial charge in [0.2, 0.25) is 0 Å². The molecule has 1 atom stereocenters. The summed E-state index contributed by atoms with van der Waals surface area (Å²) in [7, 11) is -1.18. The van der Waals surface area contributed by atoms with Crippen LogP contribution >= 0.6 is 0 Å². The van der Waals surface area contributed by atoms with Crippen molar-refractivity contribution >= 4 is 15.6 Å². The Hall–Kier alpha value is -0.420. The van der Waals surface area contributed by atoms with Crippen molar-refractivity contribution in [3.05, 3.63) is 0 Å². The van der Waals surface area contributed by atoms with Crippen molar-refractivity contribution in [1.29, 1.82) is 0 Å². The number of Topliss-reactive ketones (excluding diaryl/α,β-unsaturated/α-hetero) is 1. The maximum atomic E-state index is 10.9. The smallest absolute Gasteiger partial charge is 0.148 e. The summed E-state index contributed by atoms with van der Waals surface area (Å²) in [4.78, 5) is 12.7. The zero-order valence-corrected chi connectivity index (χ0v) is 9.39.